The van der Waals surface area contributed by atoms with Gasteiger partial charge in [-0.2, -0.15) is 0 Å². The Labute approximate surface area is 359 Å². The lowest BCUT2D eigenvalue weighted by atomic mass is 10.0. The first kappa shape index (κ1) is 57.1. The first-order chi connectivity index (χ1) is 28.3. The highest BCUT2D eigenvalue weighted by Crippen LogP contribution is 2.43. The van der Waals surface area contributed by atoms with E-state index in [1.807, 2.05) is 0 Å². The van der Waals surface area contributed by atoms with E-state index < -0.39 is 19.9 Å². The highest BCUT2D eigenvalue weighted by molar-refractivity contribution is 7.47. The molecule has 2 atom stereocenters. The van der Waals surface area contributed by atoms with Crippen LogP contribution in [0.3, 0.4) is 0 Å². The van der Waals surface area contributed by atoms with Crippen molar-refractivity contribution in [1.82, 2.24) is 0 Å². The summed E-state index contributed by atoms with van der Waals surface area (Å²) in [6.45, 7) is 5.55. The molecule has 0 aliphatic rings. The zero-order valence-corrected chi connectivity index (χ0v) is 39.6. The predicted octanol–water partition coefficient (Wildman–Crippen LogP) is 16.2. The smallest absolute Gasteiger partial charge is 0.462 e. The molecule has 0 aromatic rings. The minimum Gasteiger partial charge on any atom is -0.462 e. The normalized spacial score (nSPS) is 13.1. The van der Waals surface area contributed by atoms with E-state index in [0.717, 1.165) is 38.5 Å². The third-order valence-electron chi connectivity index (χ3n) is 11.4. The highest BCUT2D eigenvalue weighted by Gasteiger charge is 2.25. The molecule has 58 heavy (non-hydrogen) atoms. The Morgan fingerprint density at radius 2 is 0.672 bits per heavy atom. The van der Waals surface area contributed by atoms with Crippen LogP contribution in [0.5, 0.6) is 0 Å². The Morgan fingerprint density at radius 1 is 0.397 bits per heavy atom. The fraction of sp³-hybridized carbons (Fsp3) is 0.959. The summed E-state index contributed by atoms with van der Waals surface area (Å²) in [5, 5.41) is 0. The average molecular weight is 845 g/mol. The van der Waals surface area contributed by atoms with Crippen molar-refractivity contribution in [3.05, 3.63) is 0 Å². The van der Waals surface area contributed by atoms with E-state index in [1.54, 1.807) is 6.92 Å². The van der Waals surface area contributed by atoms with Crippen LogP contribution < -0.4 is 0 Å². The monoisotopic (exact) mass is 845 g/mol. The second kappa shape index (κ2) is 45.6. The first-order valence-electron chi connectivity index (χ1n) is 25.3. The zero-order chi connectivity index (χ0) is 42.5. The maximum absolute atomic E-state index is 12.6. The van der Waals surface area contributed by atoms with Gasteiger partial charge in [0, 0.05) is 12.8 Å². The Morgan fingerprint density at radius 3 is 0.966 bits per heavy atom. The number of hydrogen-bond acceptors (Lipinski definition) is 7. The first-order valence-corrected chi connectivity index (χ1v) is 26.8. The summed E-state index contributed by atoms with van der Waals surface area (Å²) in [6.07, 6.45) is 48.8. The summed E-state index contributed by atoms with van der Waals surface area (Å²) in [5.41, 5.74) is 0. The highest BCUT2D eigenvalue weighted by atomic mass is 31.2. The van der Waals surface area contributed by atoms with Crippen LogP contribution in [0.25, 0.3) is 0 Å². The summed E-state index contributed by atoms with van der Waals surface area (Å²) in [6, 6.07) is 0. The van der Waals surface area contributed by atoms with Crippen LogP contribution >= 0.6 is 7.82 Å². The van der Waals surface area contributed by atoms with E-state index >= 15 is 0 Å². The van der Waals surface area contributed by atoms with Gasteiger partial charge in [-0.05, 0) is 19.8 Å². The van der Waals surface area contributed by atoms with Crippen LogP contribution in [0.15, 0.2) is 0 Å². The van der Waals surface area contributed by atoms with E-state index in [2.05, 4.69) is 13.8 Å². The Bertz CT molecular complexity index is 915. The standard InChI is InChI=1S/C49H97O8P/c1-4-7-9-11-13-15-17-19-21-23-25-26-28-30-32-34-36-38-40-42-44-49(51)57-47(46-56-58(52,53)55-6-3)45-54-48(50)43-41-39-37-35-33-31-29-27-24-22-20-18-16-14-12-10-8-5-2/h47H,4-46H2,1-3H3,(H,52,53). The van der Waals surface area contributed by atoms with Crippen LogP contribution in [0.2, 0.25) is 0 Å². The van der Waals surface area contributed by atoms with E-state index in [0.29, 0.717) is 6.42 Å². The molecule has 0 aliphatic heterocycles. The molecule has 1 N–H and O–H groups in total. The minimum atomic E-state index is -4.28. The lowest BCUT2D eigenvalue weighted by Gasteiger charge is -2.19. The number of unbranched alkanes of at least 4 members (excludes halogenated alkanes) is 36. The van der Waals surface area contributed by atoms with E-state index in [4.69, 9.17) is 18.5 Å². The van der Waals surface area contributed by atoms with Gasteiger partial charge in [-0.15, -0.1) is 0 Å². The van der Waals surface area contributed by atoms with Crippen molar-refractivity contribution >= 4 is 19.8 Å². The summed E-state index contributed by atoms with van der Waals surface area (Å²) >= 11 is 0. The lowest BCUT2D eigenvalue weighted by Crippen LogP contribution is -2.29. The fourth-order valence-corrected chi connectivity index (χ4v) is 8.45. The molecule has 0 heterocycles. The maximum Gasteiger partial charge on any atom is 0.472 e. The molecule has 0 fully saturated rings. The van der Waals surface area contributed by atoms with E-state index in [-0.39, 0.29) is 32.2 Å². The molecule has 0 saturated carbocycles. The molecule has 0 bridgehead atoms. The lowest BCUT2D eigenvalue weighted by molar-refractivity contribution is -0.161. The van der Waals surface area contributed by atoms with Gasteiger partial charge < -0.3 is 14.4 Å². The molecule has 0 spiro atoms. The van der Waals surface area contributed by atoms with Gasteiger partial charge in [-0.1, -0.05) is 245 Å². The number of esters is 2. The van der Waals surface area contributed by atoms with Gasteiger partial charge in [0.15, 0.2) is 6.10 Å². The Balaban J connectivity index is 3.93. The molecule has 0 aliphatic carbocycles. The molecule has 8 nitrogen and oxygen atoms in total. The predicted molar refractivity (Wildman–Crippen MR) is 244 cm³/mol. The molecule has 0 amide bonds. The molecule has 9 heteroatoms. The van der Waals surface area contributed by atoms with E-state index in [9.17, 15) is 19.0 Å². The maximum atomic E-state index is 12.6. The van der Waals surface area contributed by atoms with Gasteiger partial charge in [-0.3, -0.25) is 18.6 Å². The minimum absolute atomic E-state index is 0.00601. The van der Waals surface area contributed by atoms with Crippen LogP contribution in [-0.2, 0) is 32.7 Å². The summed E-state index contributed by atoms with van der Waals surface area (Å²) in [4.78, 5) is 34.9. The summed E-state index contributed by atoms with van der Waals surface area (Å²) in [5.74, 6) is -0.775. The number of hydrogen-bond donors (Lipinski definition) is 1. The Kier molecular flexibility index (Phi) is 44.8. The van der Waals surface area contributed by atoms with Crippen molar-refractivity contribution in [1.29, 1.82) is 0 Å². The number of phosphoric acid groups is 1. The third-order valence-corrected chi connectivity index (χ3v) is 12.5. The van der Waals surface area contributed by atoms with Crippen molar-refractivity contribution in [2.45, 2.75) is 284 Å². The molecular formula is C49H97O8P. The topological polar surface area (TPSA) is 108 Å². The van der Waals surface area contributed by atoms with Crippen molar-refractivity contribution in [3.8, 4) is 0 Å². The molecule has 2 unspecified atom stereocenters. The molecule has 0 aromatic carbocycles. The molecular weight excluding hydrogens is 748 g/mol. The van der Waals surface area contributed by atoms with Gasteiger partial charge in [0.25, 0.3) is 0 Å². The van der Waals surface area contributed by atoms with Crippen molar-refractivity contribution in [2.75, 3.05) is 19.8 Å². The molecule has 0 aromatic heterocycles. The number of phosphoric ester groups is 1. The number of carbonyl (C=O) groups is 2. The van der Waals surface area contributed by atoms with Crippen LogP contribution in [0, 0.1) is 0 Å². The number of ether oxygens (including phenoxy) is 2. The number of rotatable bonds is 48. The largest absolute Gasteiger partial charge is 0.472 e. The SMILES string of the molecule is CCCCCCCCCCCCCCCCCCCCCCC(=O)OC(COC(=O)CCCCCCCCCCCCCCCCCCCC)COP(=O)(O)OCC. The molecule has 0 radical (unpaired) electrons. The molecule has 0 saturated heterocycles. The van der Waals surface area contributed by atoms with Gasteiger partial charge in [0.2, 0.25) is 0 Å². The van der Waals surface area contributed by atoms with Crippen molar-refractivity contribution in [2.24, 2.45) is 0 Å². The second-order valence-corrected chi connectivity index (χ2v) is 18.7. The van der Waals surface area contributed by atoms with Gasteiger partial charge in [0.1, 0.15) is 6.61 Å². The van der Waals surface area contributed by atoms with Crippen molar-refractivity contribution < 1.29 is 37.6 Å². The summed E-state index contributed by atoms with van der Waals surface area (Å²) < 4.78 is 32.8. The second-order valence-electron chi connectivity index (χ2n) is 17.2. The van der Waals surface area contributed by atoms with Crippen LogP contribution in [-0.4, -0.2) is 42.8 Å². The van der Waals surface area contributed by atoms with Gasteiger partial charge in [-0.25, -0.2) is 4.57 Å². The third kappa shape index (κ3) is 44.6. The van der Waals surface area contributed by atoms with Crippen molar-refractivity contribution in [3.63, 3.8) is 0 Å². The fourth-order valence-electron chi connectivity index (χ4n) is 7.69. The molecule has 346 valence electrons. The zero-order valence-electron chi connectivity index (χ0n) is 38.7. The quantitative estimate of drug-likeness (QED) is 0.0366. The average Bonchev–Trinajstić information content (AvgIpc) is 3.20. The van der Waals surface area contributed by atoms with E-state index in [1.165, 1.54) is 205 Å². The van der Waals surface area contributed by atoms with Crippen LogP contribution in [0.4, 0.5) is 0 Å². The Hall–Kier alpha value is -0.950. The summed E-state index contributed by atoms with van der Waals surface area (Å²) in [7, 11) is -4.28. The van der Waals surface area contributed by atoms with Gasteiger partial charge >= 0.3 is 19.8 Å². The van der Waals surface area contributed by atoms with Crippen LogP contribution in [0.1, 0.15) is 278 Å². The molecule has 0 rings (SSSR count). The van der Waals surface area contributed by atoms with Gasteiger partial charge in [0.05, 0.1) is 13.2 Å². The number of carbonyl (C=O) groups excluding carboxylic acids is 2.